The Morgan fingerprint density at radius 1 is 1.37 bits per heavy atom. The topological polar surface area (TPSA) is 67.2 Å². The Kier molecular flexibility index (Phi) is 3.55. The van der Waals surface area contributed by atoms with E-state index < -0.39 is 0 Å². The highest BCUT2D eigenvalue weighted by Gasteiger charge is 2.14. The third-order valence-corrected chi connectivity index (χ3v) is 2.89. The summed E-state index contributed by atoms with van der Waals surface area (Å²) < 4.78 is 1.67. The lowest BCUT2D eigenvalue weighted by Gasteiger charge is -2.09. The number of rotatable bonds is 3. The van der Waals surface area contributed by atoms with Crippen molar-refractivity contribution in [3.8, 4) is 5.75 Å². The summed E-state index contributed by atoms with van der Waals surface area (Å²) in [6, 6.07) is 6.60. The van der Waals surface area contributed by atoms with E-state index in [0.717, 1.165) is 11.3 Å². The monoisotopic (exact) mass is 259 g/mol. The maximum absolute atomic E-state index is 12.2. The summed E-state index contributed by atoms with van der Waals surface area (Å²) >= 11 is 0. The van der Waals surface area contributed by atoms with Crippen LogP contribution < -0.4 is 5.32 Å². The number of benzene rings is 1. The highest BCUT2D eigenvalue weighted by Crippen LogP contribution is 2.20. The Balaban J connectivity index is 2.25. The summed E-state index contributed by atoms with van der Waals surface area (Å²) in [4.78, 5) is 12.2. The second-order valence-electron chi connectivity index (χ2n) is 4.44. The van der Waals surface area contributed by atoms with Crippen LogP contribution in [-0.2, 0) is 6.54 Å². The van der Waals surface area contributed by atoms with E-state index in [1.54, 1.807) is 28.9 Å². The Labute approximate surface area is 111 Å². The smallest absolute Gasteiger partial charge is 0.273 e. The number of carbonyl (C=O) groups is 1. The lowest BCUT2D eigenvalue weighted by molar-refractivity contribution is 0.101. The first-order valence-corrected chi connectivity index (χ1v) is 6.16. The zero-order chi connectivity index (χ0) is 14.0. The average molecular weight is 259 g/mol. The Hall–Kier alpha value is -2.30. The fourth-order valence-corrected chi connectivity index (χ4v) is 1.94. The molecule has 1 aromatic heterocycles. The van der Waals surface area contributed by atoms with Gasteiger partial charge in [0.25, 0.3) is 5.91 Å². The first kappa shape index (κ1) is 13.1. The normalized spacial score (nSPS) is 10.5. The molecule has 1 aromatic carbocycles. The summed E-state index contributed by atoms with van der Waals surface area (Å²) in [7, 11) is 0. The molecule has 0 spiro atoms. The van der Waals surface area contributed by atoms with Crippen LogP contribution in [0.2, 0.25) is 0 Å². The van der Waals surface area contributed by atoms with Crippen molar-refractivity contribution in [2.24, 2.45) is 0 Å². The standard InChI is InChI=1S/C14H17N3O2/c1-4-17-13(8-10(3)16-17)14(19)15-12-6-5-11(18)7-9(12)2/h5-8,18H,4H2,1-3H3,(H,15,19). The molecular formula is C14H17N3O2. The number of hydrogen-bond acceptors (Lipinski definition) is 3. The Morgan fingerprint density at radius 2 is 2.11 bits per heavy atom. The van der Waals surface area contributed by atoms with Crippen LogP contribution in [0.25, 0.3) is 0 Å². The quantitative estimate of drug-likeness (QED) is 0.832. The zero-order valence-corrected chi connectivity index (χ0v) is 11.3. The number of anilines is 1. The summed E-state index contributed by atoms with van der Waals surface area (Å²) in [5, 5.41) is 16.4. The maximum atomic E-state index is 12.2. The molecule has 0 aliphatic heterocycles. The number of hydrogen-bond donors (Lipinski definition) is 2. The van der Waals surface area contributed by atoms with Gasteiger partial charge in [-0.15, -0.1) is 0 Å². The molecular weight excluding hydrogens is 242 g/mol. The van der Waals surface area contributed by atoms with Gasteiger partial charge in [0.1, 0.15) is 11.4 Å². The van der Waals surface area contributed by atoms with Crippen molar-refractivity contribution in [3.63, 3.8) is 0 Å². The molecule has 2 N–H and O–H groups in total. The number of carbonyl (C=O) groups excluding carboxylic acids is 1. The minimum absolute atomic E-state index is 0.185. The molecule has 2 aromatic rings. The van der Waals surface area contributed by atoms with E-state index in [4.69, 9.17) is 0 Å². The van der Waals surface area contributed by atoms with Crippen LogP contribution in [0.1, 0.15) is 28.7 Å². The molecule has 19 heavy (non-hydrogen) atoms. The van der Waals surface area contributed by atoms with Crippen LogP contribution in [0.5, 0.6) is 5.75 Å². The van der Waals surface area contributed by atoms with Crippen molar-refractivity contribution in [1.29, 1.82) is 0 Å². The zero-order valence-electron chi connectivity index (χ0n) is 11.3. The van der Waals surface area contributed by atoms with Gasteiger partial charge in [-0.1, -0.05) is 0 Å². The molecule has 0 radical (unpaired) electrons. The second-order valence-corrected chi connectivity index (χ2v) is 4.44. The first-order valence-electron chi connectivity index (χ1n) is 6.16. The summed E-state index contributed by atoms with van der Waals surface area (Å²) in [5.74, 6) is -0.0128. The number of aromatic hydroxyl groups is 1. The SMILES string of the molecule is CCn1nc(C)cc1C(=O)Nc1ccc(O)cc1C. The molecule has 0 saturated heterocycles. The molecule has 0 atom stereocenters. The molecule has 0 aliphatic rings. The predicted octanol–water partition coefficient (Wildman–Crippen LogP) is 2.48. The predicted molar refractivity (Wildman–Crippen MR) is 73.4 cm³/mol. The van der Waals surface area contributed by atoms with Crippen molar-refractivity contribution in [2.45, 2.75) is 27.3 Å². The van der Waals surface area contributed by atoms with Gasteiger partial charge < -0.3 is 10.4 Å². The highest BCUT2D eigenvalue weighted by atomic mass is 16.3. The van der Waals surface area contributed by atoms with Gasteiger partial charge in [-0.05, 0) is 50.6 Å². The summed E-state index contributed by atoms with van der Waals surface area (Å²) in [5.41, 5.74) is 2.85. The third kappa shape index (κ3) is 2.76. The van der Waals surface area contributed by atoms with Crippen LogP contribution in [0.4, 0.5) is 5.69 Å². The molecule has 0 bridgehead atoms. The number of nitrogens with zero attached hydrogens (tertiary/aromatic N) is 2. The van der Waals surface area contributed by atoms with Crippen molar-refractivity contribution in [1.82, 2.24) is 9.78 Å². The number of phenolic OH excluding ortho intramolecular Hbond substituents is 1. The molecule has 0 unspecified atom stereocenters. The van der Waals surface area contributed by atoms with E-state index >= 15 is 0 Å². The fourth-order valence-electron chi connectivity index (χ4n) is 1.94. The summed E-state index contributed by atoms with van der Waals surface area (Å²) in [6.07, 6.45) is 0. The maximum Gasteiger partial charge on any atom is 0.273 e. The van der Waals surface area contributed by atoms with Crippen molar-refractivity contribution in [2.75, 3.05) is 5.32 Å². The van der Waals surface area contributed by atoms with Gasteiger partial charge in [-0.25, -0.2) is 0 Å². The number of amides is 1. The van der Waals surface area contributed by atoms with Crippen LogP contribution in [-0.4, -0.2) is 20.8 Å². The van der Waals surface area contributed by atoms with Crippen LogP contribution in [0.3, 0.4) is 0 Å². The second kappa shape index (κ2) is 5.14. The average Bonchev–Trinajstić information content (AvgIpc) is 2.74. The van der Waals surface area contributed by atoms with Gasteiger partial charge >= 0.3 is 0 Å². The molecule has 0 fully saturated rings. The lowest BCUT2D eigenvalue weighted by Crippen LogP contribution is -2.17. The number of phenols is 1. The Bertz CT molecular complexity index is 617. The van der Waals surface area contributed by atoms with E-state index in [9.17, 15) is 9.90 Å². The minimum Gasteiger partial charge on any atom is -0.508 e. The van der Waals surface area contributed by atoms with Crippen LogP contribution >= 0.6 is 0 Å². The van der Waals surface area contributed by atoms with Crippen LogP contribution in [0, 0.1) is 13.8 Å². The molecule has 1 amide bonds. The van der Waals surface area contributed by atoms with Gasteiger partial charge in [0.05, 0.1) is 5.69 Å². The van der Waals surface area contributed by atoms with Crippen molar-refractivity contribution < 1.29 is 9.90 Å². The molecule has 2 rings (SSSR count). The molecule has 5 heteroatoms. The van der Waals surface area contributed by atoms with Gasteiger partial charge in [-0.3, -0.25) is 9.48 Å². The van der Waals surface area contributed by atoms with Gasteiger partial charge in [-0.2, -0.15) is 5.10 Å². The molecule has 1 heterocycles. The molecule has 0 saturated carbocycles. The van der Waals surface area contributed by atoms with Crippen molar-refractivity contribution >= 4 is 11.6 Å². The van der Waals surface area contributed by atoms with E-state index in [2.05, 4.69) is 10.4 Å². The fraction of sp³-hybridized carbons (Fsp3) is 0.286. The lowest BCUT2D eigenvalue weighted by atomic mass is 10.2. The third-order valence-electron chi connectivity index (χ3n) is 2.89. The van der Waals surface area contributed by atoms with Gasteiger partial charge in [0.2, 0.25) is 0 Å². The van der Waals surface area contributed by atoms with E-state index in [0.29, 0.717) is 17.9 Å². The number of aryl methyl sites for hydroxylation is 3. The molecule has 0 aliphatic carbocycles. The highest BCUT2D eigenvalue weighted by molar-refractivity contribution is 6.03. The van der Waals surface area contributed by atoms with E-state index in [-0.39, 0.29) is 11.7 Å². The number of aromatic nitrogens is 2. The van der Waals surface area contributed by atoms with Gasteiger partial charge in [0.15, 0.2) is 0 Å². The van der Waals surface area contributed by atoms with E-state index in [1.165, 1.54) is 0 Å². The minimum atomic E-state index is -0.198. The Morgan fingerprint density at radius 3 is 2.74 bits per heavy atom. The summed E-state index contributed by atoms with van der Waals surface area (Å²) in [6.45, 7) is 6.27. The van der Waals surface area contributed by atoms with Crippen molar-refractivity contribution in [3.05, 3.63) is 41.2 Å². The first-order chi connectivity index (χ1) is 9.01. The molecule has 5 nitrogen and oxygen atoms in total. The van der Waals surface area contributed by atoms with E-state index in [1.807, 2.05) is 20.8 Å². The largest absolute Gasteiger partial charge is 0.508 e. The number of nitrogens with one attached hydrogen (secondary N) is 1. The molecule has 100 valence electrons. The van der Waals surface area contributed by atoms with Crippen LogP contribution in [0.15, 0.2) is 24.3 Å². The van der Waals surface area contributed by atoms with Gasteiger partial charge in [0, 0.05) is 12.2 Å².